The first-order chi connectivity index (χ1) is 18.5. The average molecular weight is 554 g/mol. The second-order valence-electron chi connectivity index (χ2n) is 16.8. The highest BCUT2D eigenvalue weighted by atomic mass is 16.5. The summed E-state index contributed by atoms with van der Waals surface area (Å²) >= 11 is 0. The van der Waals surface area contributed by atoms with Crippen LogP contribution in [0.2, 0.25) is 0 Å². The monoisotopic (exact) mass is 553 g/mol. The van der Waals surface area contributed by atoms with Crippen LogP contribution in [-0.2, 0) is 14.3 Å². The molecule has 226 valence electrons. The molecule has 0 saturated heterocycles. The molecule has 5 rings (SSSR count). The fourth-order valence-corrected chi connectivity index (χ4v) is 11.8. The summed E-state index contributed by atoms with van der Waals surface area (Å²) in [5, 5.41) is 0. The van der Waals surface area contributed by atoms with E-state index in [1.54, 1.807) is 12.5 Å². The molecule has 5 aliphatic rings. The summed E-state index contributed by atoms with van der Waals surface area (Å²) in [6.07, 6.45) is 13.9. The zero-order valence-electron chi connectivity index (χ0n) is 27.5. The predicted molar refractivity (Wildman–Crippen MR) is 163 cm³/mol. The van der Waals surface area contributed by atoms with Crippen LogP contribution in [0.5, 0.6) is 0 Å². The highest BCUT2D eigenvalue weighted by molar-refractivity contribution is 5.84. The minimum absolute atomic E-state index is 0.0172. The maximum absolute atomic E-state index is 14.3. The van der Waals surface area contributed by atoms with E-state index in [-0.39, 0.29) is 44.6 Å². The summed E-state index contributed by atoms with van der Waals surface area (Å²) < 4.78 is 5.93. The van der Waals surface area contributed by atoms with E-state index in [0.717, 1.165) is 64.5 Å². The van der Waals surface area contributed by atoms with E-state index in [1.165, 1.54) is 12.8 Å². The van der Waals surface area contributed by atoms with Crippen molar-refractivity contribution in [3.63, 3.8) is 0 Å². The third-order valence-corrected chi connectivity index (χ3v) is 14.4. The molecule has 0 N–H and O–H groups in total. The molecule has 0 aliphatic heterocycles. The summed E-state index contributed by atoms with van der Waals surface area (Å²) in [4.78, 5) is 28.5. The lowest BCUT2D eigenvalue weighted by atomic mass is 9.33. The third kappa shape index (κ3) is 4.03. The minimum atomic E-state index is -0.221. The molecule has 0 radical (unpaired) electrons. The lowest BCUT2D eigenvalue weighted by Gasteiger charge is -2.71. The van der Waals surface area contributed by atoms with Crippen LogP contribution in [0.4, 0.5) is 0 Å². The van der Waals surface area contributed by atoms with E-state index in [1.807, 2.05) is 0 Å². The number of amides is 1. The van der Waals surface area contributed by atoms with Crippen LogP contribution in [0.25, 0.3) is 0 Å². The normalized spacial score (nSPS) is 45.1. The Balaban J connectivity index is 1.56. The number of carbonyl (C=O) groups is 2. The fourth-order valence-electron chi connectivity index (χ4n) is 11.8. The number of nitrogens with zero attached hydrogens (tertiary/aromatic N) is 1. The van der Waals surface area contributed by atoms with Crippen molar-refractivity contribution in [1.29, 1.82) is 0 Å². The number of ether oxygens (including phenoxy) is 1. The van der Waals surface area contributed by atoms with Crippen LogP contribution < -0.4 is 0 Å². The number of carbonyl (C=O) groups excluding carboxylic acids is 2. The quantitative estimate of drug-likeness (QED) is 0.259. The summed E-state index contributed by atoms with van der Waals surface area (Å²) in [5.74, 6) is 1.83. The molecule has 3 unspecified atom stereocenters. The molecular formula is C36H59NO3. The van der Waals surface area contributed by atoms with Crippen molar-refractivity contribution in [2.45, 2.75) is 140 Å². The summed E-state index contributed by atoms with van der Waals surface area (Å²) in [6, 6.07) is 0. The topological polar surface area (TPSA) is 46.6 Å². The Morgan fingerprint density at radius 1 is 0.875 bits per heavy atom. The maximum atomic E-state index is 14.3. The number of esters is 1. The van der Waals surface area contributed by atoms with Gasteiger partial charge < -0.3 is 9.64 Å². The van der Waals surface area contributed by atoms with Gasteiger partial charge >= 0.3 is 5.97 Å². The van der Waals surface area contributed by atoms with Crippen LogP contribution in [0.1, 0.15) is 133 Å². The Labute approximate surface area is 245 Å². The molecule has 0 aromatic heterocycles. The lowest BCUT2D eigenvalue weighted by molar-refractivity contribution is -0.212. The molecule has 4 saturated carbocycles. The average Bonchev–Trinajstić information content (AvgIpc) is 2.86. The van der Waals surface area contributed by atoms with Crippen LogP contribution in [0.3, 0.4) is 0 Å². The van der Waals surface area contributed by atoms with E-state index in [4.69, 9.17) is 4.74 Å². The highest BCUT2D eigenvalue weighted by Crippen LogP contribution is 2.76. The van der Waals surface area contributed by atoms with Gasteiger partial charge in [-0.2, -0.15) is 0 Å². The number of hydrogen-bond acceptors (Lipinski definition) is 3. The second-order valence-corrected chi connectivity index (χ2v) is 16.8. The molecule has 4 fully saturated rings. The minimum Gasteiger partial charge on any atom is -0.462 e. The van der Waals surface area contributed by atoms with Crippen molar-refractivity contribution in [2.24, 2.45) is 50.2 Å². The molecule has 5 aliphatic carbocycles. The van der Waals surface area contributed by atoms with Crippen LogP contribution in [0.15, 0.2) is 11.6 Å². The first-order valence-electron chi connectivity index (χ1n) is 16.7. The molecule has 0 aromatic carbocycles. The van der Waals surface area contributed by atoms with Crippen molar-refractivity contribution in [3.05, 3.63) is 11.6 Å². The zero-order valence-corrected chi connectivity index (χ0v) is 27.5. The van der Waals surface area contributed by atoms with E-state index in [2.05, 4.69) is 73.3 Å². The highest BCUT2D eigenvalue weighted by Gasteiger charge is 2.69. The molecule has 0 spiro atoms. The Morgan fingerprint density at radius 2 is 1.52 bits per heavy atom. The van der Waals surface area contributed by atoms with Gasteiger partial charge in [0, 0.05) is 25.4 Å². The Hall–Kier alpha value is -1.32. The van der Waals surface area contributed by atoms with Gasteiger partial charge in [-0.3, -0.25) is 9.59 Å². The number of rotatable bonds is 4. The summed E-state index contributed by atoms with van der Waals surface area (Å²) in [6.45, 7) is 24.9. The maximum Gasteiger partial charge on any atom is 0.302 e. The van der Waals surface area contributed by atoms with Crippen molar-refractivity contribution < 1.29 is 14.3 Å². The molecule has 4 heteroatoms. The number of fused-ring (bicyclic) bond motifs is 7. The smallest absolute Gasteiger partial charge is 0.302 e. The van der Waals surface area contributed by atoms with Gasteiger partial charge in [-0.25, -0.2) is 0 Å². The van der Waals surface area contributed by atoms with Crippen molar-refractivity contribution in [2.75, 3.05) is 13.1 Å². The largest absolute Gasteiger partial charge is 0.462 e. The van der Waals surface area contributed by atoms with E-state index < -0.39 is 0 Å². The van der Waals surface area contributed by atoms with E-state index in [9.17, 15) is 9.59 Å². The molecule has 0 heterocycles. The standard InChI is InChI=1S/C36H59NO3/c1-11-37(12-2)30(39)36-21-19-31(4,5)23-26(36)25-13-14-28-33(8)17-16-29(40-24(3)38)32(6,7)27(33)15-18-35(28,10)34(25,9)20-22-36/h13,26-29H,11-12,14-23H2,1-10H3/t26?,27?,28?,29-,33-,34+,35+,36-/m0/s1. The molecule has 0 bridgehead atoms. The van der Waals surface area contributed by atoms with Gasteiger partial charge in [0.25, 0.3) is 0 Å². The molecule has 1 amide bonds. The number of allylic oxidation sites excluding steroid dienone is 2. The predicted octanol–water partition coefficient (Wildman–Crippen LogP) is 8.59. The van der Waals surface area contributed by atoms with Gasteiger partial charge in [0.1, 0.15) is 6.10 Å². The van der Waals surface area contributed by atoms with Crippen LogP contribution in [-0.4, -0.2) is 36.0 Å². The Morgan fingerprint density at radius 3 is 2.15 bits per heavy atom. The molecule has 40 heavy (non-hydrogen) atoms. The molecule has 8 atom stereocenters. The number of hydrogen-bond donors (Lipinski definition) is 0. The molecule has 4 nitrogen and oxygen atoms in total. The zero-order chi connectivity index (χ0) is 29.5. The van der Waals surface area contributed by atoms with E-state index in [0.29, 0.717) is 23.7 Å². The first-order valence-corrected chi connectivity index (χ1v) is 16.7. The van der Waals surface area contributed by atoms with Gasteiger partial charge in [0.15, 0.2) is 0 Å². The van der Waals surface area contributed by atoms with Crippen molar-refractivity contribution in [1.82, 2.24) is 4.90 Å². The van der Waals surface area contributed by atoms with Gasteiger partial charge in [-0.15, -0.1) is 0 Å². The fraction of sp³-hybridized carbons (Fsp3) is 0.889. The van der Waals surface area contributed by atoms with Gasteiger partial charge in [0.2, 0.25) is 5.91 Å². The Kier molecular flexibility index (Phi) is 7.23. The lowest BCUT2D eigenvalue weighted by Crippen LogP contribution is -2.65. The summed E-state index contributed by atoms with van der Waals surface area (Å²) in [5.41, 5.74) is 2.27. The van der Waals surface area contributed by atoms with Crippen molar-refractivity contribution >= 4 is 11.9 Å². The van der Waals surface area contributed by atoms with Gasteiger partial charge in [0.05, 0.1) is 5.41 Å². The second kappa shape index (κ2) is 9.60. The van der Waals surface area contributed by atoms with E-state index >= 15 is 0 Å². The van der Waals surface area contributed by atoms with Gasteiger partial charge in [-0.1, -0.05) is 60.1 Å². The summed E-state index contributed by atoms with van der Waals surface area (Å²) in [7, 11) is 0. The Bertz CT molecular complexity index is 1070. The van der Waals surface area contributed by atoms with Crippen LogP contribution >= 0.6 is 0 Å². The van der Waals surface area contributed by atoms with Crippen molar-refractivity contribution in [3.8, 4) is 0 Å². The SMILES string of the molecule is CCN(CC)C(=O)[C@]12CCC(C)(C)CC1C1=CCC3[C@@]4(C)CC[C@H](OC(C)=O)C(C)(C)C4CC[C@@]3(C)[C@]1(C)CC2. The van der Waals surface area contributed by atoms with Crippen LogP contribution in [0, 0.1) is 50.2 Å². The van der Waals surface area contributed by atoms with Gasteiger partial charge in [-0.05, 0) is 117 Å². The molecular weight excluding hydrogens is 494 g/mol. The molecule has 0 aromatic rings. The first kappa shape index (κ1) is 30.1. The third-order valence-electron chi connectivity index (χ3n) is 14.4.